The summed E-state index contributed by atoms with van der Waals surface area (Å²) >= 11 is 8.61. The third-order valence-corrected chi connectivity index (χ3v) is 5.74. The Balaban J connectivity index is 1.51. The van der Waals surface area contributed by atoms with Crippen LogP contribution in [0.1, 0.15) is 11.3 Å². The highest BCUT2D eigenvalue weighted by atomic mass is 35.5. The second-order valence-electron chi connectivity index (χ2n) is 5.67. The van der Waals surface area contributed by atoms with Gasteiger partial charge < -0.3 is 5.32 Å². The Morgan fingerprint density at radius 3 is 2.71 bits per heavy atom. The van der Waals surface area contributed by atoms with Crippen LogP contribution in [0.15, 0.2) is 53.1 Å². The standard InChI is InChI=1S/C17H11ClF3N5S2/c18-13-6-10(17(19,20)21)7-26-14(13)24-25-16(26)28-9-12-8-27-15(23-12)22-11-4-2-1-3-5-11/h1-8H,9H2,(H,22,23). The molecular weight excluding hydrogens is 431 g/mol. The zero-order valence-corrected chi connectivity index (χ0v) is 16.3. The van der Waals surface area contributed by atoms with Gasteiger partial charge in [-0.15, -0.1) is 21.5 Å². The molecular formula is C17H11ClF3N5S2. The van der Waals surface area contributed by atoms with Crippen LogP contribution in [0.3, 0.4) is 0 Å². The van der Waals surface area contributed by atoms with Crippen LogP contribution in [0.2, 0.25) is 5.02 Å². The predicted molar refractivity (Wildman–Crippen MR) is 104 cm³/mol. The zero-order chi connectivity index (χ0) is 19.7. The van der Waals surface area contributed by atoms with E-state index in [1.165, 1.54) is 27.5 Å². The summed E-state index contributed by atoms with van der Waals surface area (Å²) in [6, 6.07) is 10.5. The lowest BCUT2D eigenvalue weighted by atomic mass is 10.3. The molecule has 0 atom stereocenters. The highest BCUT2D eigenvalue weighted by Gasteiger charge is 2.32. The maximum Gasteiger partial charge on any atom is 0.417 e. The van der Waals surface area contributed by atoms with Gasteiger partial charge in [0.2, 0.25) is 0 Å². The number of fused-ring (bicyclic) bond motifs is 1. The van der Waals surface area contributed by atoms with E-state index in [0.29, 0.717) is 10.9 Å². The lowest BCUT2D eigenvalue weighted by Gasteiger charge is -2.08. The molecule has 4 aromatic rings. The van der Waals surface area contributed by atoms with E-state index >= 15 is 0 Å². The molecule has 0 radical (unpaired) electrons. The van der Waals surface area contributed by atoms with Gasteiger partial charge in [0.25, 0.3) is 0 Å². The summed E-state index contributed by atoms with van der Waals surface area (Å²) in [5.41, 5.74) is 1.04. The number of anilines is 2. The van der Waals surface area contributed by atoms with Crippen molar-refractivity contribution in [2.45, 2.75) is 17.1 Å². The van der Waals surface area contributed by atoms with Crippen molar-refractivity contribution in [3.05, 3.63) is 64.3 Å². The SMILES string of the molecule is FC(F)(F)c1cc(Cl)c2nnc(SCc3csc(Nc4ccccc4)n3)n2c1. The third kappa shape index (κ3) is 4.08. The van der Waals surface area contributed by atoms with E-state index in [4.69, 9.17) is 11.6 Å². The normalized spacial score (nSPS) is 11.9. The molecule has 28 heavy (non-hydrogen) atoms. The Kier molecular flexibility index (Phi) is 5.17. The quantitative estimate of drug-likeness (QED) is 0.391. The minimum absolute atomic E-state index is 0.0998. The van der Waals surface area contributed by atoms with Gasteiger partial charge in [-0.05, 0) is 18.2 Å². The number of hydrogen-bond donors (Lipinski definition) is 1. The van der Waals surface area contributed by atoms with Gasteiger partial charge in [-0.25, -0.2) is 4.98 Å². The van der Waals surface area contributed by atoms with Crippen LogP contribution in [0, 0.1) is 0 Å². The average Bonchev–Trinajstić information content (AvgIpc) is 3.27. The van der Waals surface area contributed by atoms with Crippen LogP contribution in [-0.4, -0.2) is 19.6 Å². The number of aromatic nitrogens is 4. The van der Waals surface area contributed by atoms with Crippen molar-refractivity contribution in [2.75, 3.05) is 5.32 Å². The van der Waals surface area contributed by atoms with Crippen molar-refractivity contribution in [3.63, 3.8) is 0 Å². The maximum atomic E-state index is 13.0. The second-order valence-corrected chi connectivity index (χ2v) is 7.88. The molecule has 1 N–H and O–H groups in total. The van der Waals surface area contributed by atoms with Gasteiger partial charge in [0, 0.05) is 23.0 Å². The number of hydrogen-bond acceptors (Lipinski definition) is 6. The number of thioether (sulfide) groups is 1. The molecule has 0 amide bonds. The van der Waals surface area contributed by atoms with E-state index in [9.17, 15) is 13.2 Å². The van der Waals surface area contributed by atoms with Gasteiger partial charge in [0.15, 0.2) is 15.9 Å². The van der Waals surface area contributed by atoms with Crippen LogP contribution in [0.5, 0.6) is 0 Å². The molecule has 0 bridgehead atoms. The summed E-state index contributed by atoms with van der Waals surface area (Å²) < 4.78 is 40.3. The van der Waals surface area contributed by atoms with Gasteiger partial charge in [0.05, 0.1) is 16.3 Å². The van der Waals surface area contributed by atoms with E-state index in [1.807, 2.05) is 35.7 Å². The summed E-state index contributed by atoms with van der Waals surface area (Å²) in [6.07, 6.45) is -3.55. The lowest BCUT2D eigenvalue weighted by molar-refractivity contribution is -0.137. The second kappa shape index (κ2) is 7.61. The Bertz CT molecular complexity index is 1110. The summed E-state index contributed by atoms with van der Waals surface area (Å²) in [5.74, 6) is 0.432. The van der Waals surface area contributed by atoms with E-state index in [-0.39, 0.29) is 10.7 Å². The largest absolute Gasteiger partial charge is 0.417 e. The highest BCUT2D eigenvalue weighted by molar-refractivity contribution is 7.98. The van der Waals surface area contributed by atoms with Crippen molar-refractivity contribution in [1.82, 2.24) is 19.6 Å². The fraction of sp³-hybridized carbons (Fsp3) is 0.118. The Morgan fingerprint density at radius 1 is 1.18 bits per heavy atom. The molecule has 5 nitrogen and oxygen atoms in total. The Hall–Kier alpha value is -2.30. The number of nitrogens with one attached hydrogen (secondary N) is 1. The molecule has 0 unspecified atom stereocenters. The summed E-state index contributed by atoms with van der Waals surface area (Å²) in [5, 5.41) is 13.9. The smallest absolute Gasteiger partial charge is 0.332 e. The molecule has 1 aromatic carbocycles. The minimum atomic E-state index is -4.50. The molecule has 0 spiro atoms. The average molecular weight is 442 g/mol. The summed E-state index contributed by atoms with van der Waals surface area (Å²) in [4.78, 5) is 4.48. The van der Waals surface area contributed by atoms with Crippen LogP contribution < -0.4 is 5.32 Å². The van der Waals surface area contributed by atoms with Gasteiger partial charge in [-0.1, -0.05) is 41.6 Å². The fourth-order valence-corrected chi connectivity index (χ4v) is 4.29. The van der Waals surface area contributed by atoms with Gasteiger partial charge in [0.1, 0.15) is 0 Å². The number of rotatable bonds is 5. The first-order chi connectivity index (χ1) is 13.4. The molecule has 0 aliphatic rings. The summed E-state index contributed by atoms with van der Waals surface area (Å²) in [6.45, 7) is 0. The molecule has 11 heteroatoms. The van der Waals surface area contributed by atoms with Crippen molar-refractivity contribution in [2.24, 2.45) is 0 Å². The Labute approximate surface area is 170 Å². The van der Waals surface area contributed by atoms with Crippen LogP contribution in [-0.2, 0) is 11.9 Å². The first-order valence-corrected chi connectivity index (χ1v) is 10.2. The molecule has 3 aromatic heterocycles. The highest BCUT2D eigenvalue weighted by Crippen LogP contribution is 2.34. The van der Waals surface area contributed by atoms with Gasteiger partial charge in [-0.2, -0.15) is 13.2 Å². The first-order valence-electron chi connectivity index (χ1n) is 7.91. The molecule has 144 valence electrons. The van der Waals surface area contributed by atoms with Crippen molar-refractivity contribution >= 4 is 51.2 Å². The number of nitrogens with zero attached hydrogens (tertiary/aromatic N) is 4. The monoisotopic (exact) mass is 441 g/mol. The number of halogens is 4. The Morgan fingerprint density at radius 2 is 1.96 bits per heavy atom. The molecule has 0 fully saturated rings. The predicted octanol–water partition coefficient (Wildman–Crippen LogP) is 5.89. The number of alkyl halides is 3. The minimum Gasteiger partial charge on any atom is -0.332 e. The van der Waals surface area contributed by atoms with Gasteiger partial charge >= 0.3 is 6.18 Å². The fourth-order valence-electron chi connectivity index (χ4n) is 2.40. The van der Waals surface area contributed by atoms with Crippen LogP contribution in [0.4, 0.5) is 24.0 Å². The number of pyridine rings is 1. The summed E-state index contributed by atoms with van der Waals surface area (Å²) in [7, 11) is 0. The van der Waals surface area contributed by atoms with Crippen molar-refractivity contribution < 1.29 is 13.2 Å². The molecule has 0 aliphatic heterocycles. The van der Waals surface area contributed by atoms with Crippen molar-refractivity contribution in [1.29, 1.82) is 0 Å². The number of benzene rings is 1. The van der Waals surface area contributed by atoms with Crippen LogP contribution >= 0.6 is 34.7 Å². The molecule has 3 heterocycles. The maximum absolute atomic E-state index is 13.0. The molecule has 0 saturated heterocycles. The first kappa shape index (κ1) is 19.0. The lowest BCUT2D eigenvalue weighted by Crippen LogP contribution is -2.07. The van der Waals surface area contributed by atoms with E-state index in [0.717, 1.165) is 28.8 Å². The van der Waals surface area contributed by atoms with E-state index in [1.54, 1.807) is 0 Å². The molecule has 0 aliphatic carbocycles. The van der Waals surface area contributed by atoms with Gasteiger partial charge in [-0.3, -0.25) is 4.40 Å². The number of thiazole rings is 1. The van der Waals surface area contributed by atoms with Crippen molar-refractivity contribution in [3.8, 4) is 0 Å². The van der Waals surface area contributed by atoms with Crippen LogP contribution in [0.25, 0.3) is 5.65 Å². The molecule has 4 rings (SSSR count). The number of para-hydroxylation sites is 1. The topological polar surface area (TPSA) is 55.1 Å². The van der Waals surface area contributed by atoms with E-state index in [2.05, 4.69) is 20.5 Å². The zero-order valence-electron chi connectivity index (χ0n) is 13.9. The molecule has 0 saturated carbocycles. The van der Waals surface area contributed by atoms with E-state index < -0.39 is 11.7 Å². The third-order valence-electron chi connectivity index (χ3n) is 3.68.